The smallest absolute Gasteiger partial charge is 1.00 e. The Morgan fingerprint density at radius 3 is 0.333 bits per heavy atom. The fraction of sp³-hybridized carbons (Fsp3) is 0. The van der Waals surface area contributed by atoms with Crippen molar-refractivity contribution in [3.63, 3.8) is 0 Å². The average molecular weight is 730 g/mol. The maximum Gasteiger partial charge on any atom is 5.00 e. The molecule has 0 aliphatic rings. The minimum Gasteiger partial charge on any atom is -1.00 e. The number of halogens is 5. The van der Waals surface area contributed by atoms with Gasteiger partial charge in [0.2, 0.25) is 0 Å². The van der Waals surface area contributed by atoms with E-state index in [1.807, 2.05) is 0 Å². The zero-order chi connectivity index (χ0) is 0. The molecule has 1 radical (unpaired) electrons. The van der Waals surface area contributed by atoms with E-state index in [4.69, 9.17) is 0 Å². The van der Waals surface area contributed by atoms with Crippen LogP contribution in [0, 0.1) is 0 Å². The molecule has 0 saturated carbocycles. The Bertz CT molecular complexity index is 3.90. The quantitative estimate of drug-likeness (QED) is 0.172. The first-order valence-electron chi connectivity index (χ1n) is 0. The summed E-state index contributed by atoms with van der Waals surface area (Å²) in [7, 11) is 0. The van der Waals surface area contributed by atoms with Gasteiger partial charge in [-0.25, -0.2) is 0 Å². The molecule has 6 heteroatoms. The third-order valence-electron chi connectivity index (χ3n) is 0. The Morgan fingerprint density at radius 1 is 0.333 bits per heavy atom. The third-order valence-corrected chi connectivity index (χ3v) is 0. The molecule has 6 heavy (non-hydrogen) atoms. The summed E-state index contributed by atoms with van der Waals surface area (Å²) in [4.78, 5) is 0. The SMILES string of the molecule is [I-].[I-].[I-].[I-].[I-].[Mo+5]. The summed E-state index contributed by atoms with van der Waals surface area (Å²) < 4.78 is 0. The van der Waals surface area contributed by atoms with Gasteiger partial charge < -0.3 is 120 Å². The first kappa shape index (κ1) is 47.9. The van der Waals surface area contributed by atoms with E-state index in [2.05, 4.69) is 0 Å². The molecule has 0 heterocycles. The van der Waals surface area contributed by atoms with Crippen molar-refractivity contribution in [2.24, 2.45) is 0 Å². The van der Waals surface area contributed by atoms with Gasteiger partial charge in [-0.3, -0.25) is 0 Å². The summed E-state index contributed by atoms with van der Waals surface area (Å²) in [6.45, 7) is 0. The number of hydrogen-bond donors (Lipinski definition) is 0. The molecule has 0 rings (SSSR count). The normalized spacial score (nSPS) is 0. The van der Waals surface area contributed by atoms with Crippen LogP contribution in [-0.4, -0.2) is 0 Å². The van der Waals surface area contributed by atoms with Crippen molar-refractivity contribution in [2.45, 2.75) is 0 Å². The fourth-order valence-corrected chi connectivity index (χ4v) is 0. The van der Waals surface area contributed by atoms with Crippen LogP contribution < -0.4 is 120 Å². The predicted octanol–water partition coefficient (Wildman–Crippen LogP) is -15.0. The van der Waals surface area contributed by atoms with E-state index >= 15 is 0 Å². The van der Waals surface area contributed by atoms with Crippen LogP contribution in [0.2, 0.25) is 0 Å². The Morgan fingerprint density at radius 2 is 0.333 bits per heavy atom. The Kier molecular flexibility index (Phi) is 275. The van der Waals surface area contributed by atoms with E-state index in [9.17, 15) is 0 Å². The molecule has 0 amide bonds. The Balaban J connectivity index is 0. The van der Waals surface area contributed by atoms with Gasteiger partial charge in [-0.1, -0.05) is 0 Å². The maximum atomic E-state index is 0. The monoisotopic (exact) mass is 732 g/mol. The molecule has 0 aromatic rings. The van der Waals surface area contributed by atoms with Gasteiger partial charge in [-0.2, -0.15) is 0 Å². The summed E-state index contributed by atoms with van der Waals surface area (Å²) in [5.74, 6) is 0. The maximum absolute atomic E-state index is 0. The van der Waals surface area contributed by atoms with Crippen LogP contribution in [0.4, 0.5) is 0 Å². The molecule has 0 atom stereocenters. The van der Waals surface area contributed by atoms with Crippen molar-refractivity contribution in [2.75, 3.05) is 0 Å². The summed E-state index contributed by atoms with van der Waals surface area (Å²) in [5.41, 5.74) is 0. The van der Waals surface area contributed by atoms with Crippen LogP contribution in [0.1, 0.15) is 0 Å². The van der Waals surface area contributed by atoms with Gasteiger partial charge >= 0.3 is 21.1 Å². The minimum absolute atomic E-state index is 0. The van der Waals surface area contributed by atoms with E-state index in [0.717, 1.165) is 0 Å². The molecule has 0 aliphatic heterocycles. The van der Waals surface area contributed by atoms with Crippen LogP contribution in [-0.2, 0) is 21.1 Å². The van der Waals surface area contributed by atoms with Gasteiger partial charge in [0.15, 0.2) is 0 Å². The molecule has 0 saturated heterocycles. The van der Waals surface area contributed by atoms with Crippen LogP contribution in [0.15, 0.2) is 0 Å². The van der Waals surface area contributed by atoms with E-state index < -0.39 is 0 Å². The summed E-state index contributed by atoms with van der Waals surface area (Å²) in [6, 6.07) is 0. The molecule has 0 unspecified atom stereocenters. The van der Waals surface area contributed by atoms with Crippen molar-refractivity contribution in [1.82, 2.24) is 0 Å². The van der Waals surface area contributed by atoms with Crippen LogP contribution in [0.5, 0.6) is 0 Å². The fourth-order valence-electron chi connectivity index (χ4n) is 0. The largest absolute Gasteiger partial charge is 5.00 e. The Labute approximate surface area is 137 Å². The standard InChI is InChI=1S/5HI.Mo/h5*1H;/q;;;;;+5/p-5. The van der Waals surface area contributed by atoms with Crippen molar-refractivity contribution in [3.8, 4) is 0 Å². The zero-order valence-corrected chi connectivity index (χ0v) is 15.1. The second-order valence-electron chi connectivity index (χ2n) is 0. The molecule has 0 aromatic heterocycles. The number of hydrogen-bond acceptors (Lipinski definition) is 0. The zero-order valence-electron chi connectivity index (χ0n) is 2.30. The molecule has 0 aliphatic carbocycles. The average Bonchev–Trinajstić information content (AvgIpc) is 0. The van der Waals surface area contributed by atoms with Crippen LogP contribution in [0.25, 0.3) is 0 Å². The molecule has 0 spiro atoms. The minimum atomic E-state index is 0. The third kappa shape index (κ3) is 23.9. The van der Waals surface area contributed by atoms with Gasteiger partial charge in [-0.15, -0.1) is 0 Å². The van der Waals surface area contributed by atoms with Gasteiger partial charge in [0.25, 0.3) is 0 Å². The van der Waals surface area contributed by atoms with E-state index in [1.54, 1.807) is 0 Å². The van der Waals surface area contributed by atoms with Gasteiger partial charge in [0.05, 0.1) is 0 Å². The predicted molar refractivity (Wildman–Crippen MR) is 0 cm³/mol. The molecule has 0 aromatic carbocycles. The molecular weight excluding hydrogens is 730 g/mol. The summed E-state index contributed by atoms with van der Waals surface area (Å²) in [5, 5.41) is 0. The molecule has 0 N–H and O–H groups in total. The summed E-state index contributed by atoms with van der Waals surface area (Å²) >= 11 is 0. The molecular formula is I5Mo. The van der Waals surface area contributed by atoms with Gasteiger partial charge in [-0.05, 0) is 0 Å². The second-order valence-corrected chi connectivity index (χ2v) is 0. The first-order chi connectivity index (χ1) is 0. The van der Waals surface area contributed by atoms with Crippen LogP contribution >= 0.6 is 0 Å². The molecule has 0 bridgehead atoms. The summed E-state index contributed by atoms with van der Waals surface area (Å²) in [6.07, 6.45) is 0. The van der Waals surface area contributed by atoms with Crippen molar-refractivity contribution in [1.29, 1.82) is 0 Å². The van der Waals surface area contributed by atoms with E-state index in [1.165, 1.54) is 0 Å². The van der Waals surface area contributed by atoms with Gasteiger partial charge in [0, 0.05) is 0 Å². The topological polar surface area (TPSA) is 0 Å². The van der Waals surface area contributed by atoms with Crippen molar-refractivity contribution in [3.05, 3.63) is 0 Å². The first-order valence-corrected chi connectivity index (χ1v) is 0. The van der Waals surface area contributed by atoms with E-state index in [-0.39, 0.29) is 141 Å². The Hall–Kier alpha value is 4.34. The second kappa shape index (κ2) is 34.5. The molecule has 41 valence electrons. The number of rotatable bonds is 0. The van der Waals surface area contributed by atoms with Gasteiger partial charge in [0.1, 0.15) is 0 Å². The van der Waals surface area contributed by atoms with E-state index in [0.29, 0.717) is 0 Å². The molecule has 0 nitrogen and oxygen atoms in total. The van der Waals surface area contributed by atoms with Crippen molar-refractivity contribution < 1.29 is 141 Å². The van der Waals surface area contributed by atoms with Crippen LogP contribution in [0.3, 0.4) is 0 Å². The molecule has 0 fully saturated rings. The van der Waals surface area contributed by atoms with Crippen molar-refractivity contribution >= 4 is 0 Å².